The SMILES string of the molecule is CCN1C(N2CCC(N(C)C)C2)=C(N)C(O)N1CC. The molecule has 0 radical (unpaired) electrons. The molecule has 0 saturated carbocycles. The third kappa shape index (κ3) is 2.40. The summed E-state index contributed by atoms with van der Waals surface area (Å²) >= 11 is 0. The zero-order valence-corrected chi connectivity index (χ0v) is 12.5. The number of aliphatic hydroxyl groups excluding tert-OH is 1. The zero-order valence-electron chi connectivity index (χ0n) is 12.5. The first-order valence-electron chi connectivity index (χ1n) is 7.14. The average Bonchev–Trinajstić information content (AvgIpc) is 2.94. The first-order chi connectivity index (χ1) is 9.01. The molecule has 2 rings (SSSR count). The number of likely N-dealkylation sites (tertiary alicyclic amines) is 1. The van der Waals surface area contributed by atoms with Crippen LogP contribution in [0.2, 0.25) is 0 Å². The maximum atomic E-state index is 10.2. The highest BCUT2D eigenvalue weighted by atomic mass is 16.3. The summed E-state index contributed by atoms with van der Waals surface area (Å²) < 4.78 is 0. The quantitative estimate of drug-likeness (QED) is 0.727. The van der Waals surface area contributed by atoms with Crippen molar-refractivity contribution in [2.45, 2.75) is 32.5 Å². The Morgan fingerprint density at radius 3 is 2.47 bits per heavy atom. The van der Waals surface area contributed by atoms with Crippen LogP contribution in [0.15, 0.2) is 11.5 Å². The van der Waals surface area contributed by atoms with Crippen molar-refractivity contribution < 1.29 is 5.11 Å². The van der Waals surface area contributed by atoms with Gasteiger partial charge in [-0.1, -0.05) is 6.92 Å². The molecule has 0 aliphatic carbocycles. The molecule has 2 unspecified atom stereocenters. The van der Waals surface area contributed by atoms with E-state index in [0.717, 1.165) is 38.4 Å². The number of hydrogen-bond acceptors (Lipinski definition) is 6. The van der Waals surface area contributed by atoms with Crippen LogP contribution < -0.4 is 5.73 Å². The summed E-state index contributed by atoms with van der Waals surface area (Å²) in [7, 11) is 4.23. The summed E-state index contributed by atoms with van der Waals surface area (Å²) in [6.45, 7) is 7.68. The average molecular weight is 269 g/mol. The summed E-state index contributed by atoms with van der Waals surface area (Å²) in [6.07, 6.45) is 0.460. The lowest BCUT2D eigenvalue weighted by molar-refractivity contribution is -0.0814. The molecule has 1 fully saturated rings. The number of likely N-dealkylation sites (N-methyl/N-ethyl adjacent to an activating group) is 2. The molecule has 0 aromatic carbocycles. The number of nitrogens with zero attached hydrogens (tertiary/aromatic N) is 4. The first kappa shape index (κ1) is 14.4. The van der Waals surface area contributed by atoms with Crippen LogP contribution in [0.4, 0.5) is 0 Å². The van der Waals surface area contributed by atoms with Gasteiger partial charge in [0.05, 0.1) is 5.70 Å². The van der Waals surface area contributed by atoms with Crippen molar-refractivity contribution in [2.24, 2.45) is 5.73 Å². The molecule has 0 aromatic heterocycles. The van der Waals surface area contributed by atoms with Gasteiger partial charge in [-0.3, -0.25) is 5.01 Å². The Morgan fingerprint density at radius 2 is 2.00 bits per heavy atom. The van der Waals surface area contributed by atoms with E-state index in [1.54, 1.807) is 0 Å². The summed E-state index contributed by atoms with van der Waals surface area (Å²) in [4.78, 5) is 4.57. The molecule has 0 amide bonds. The van der Waals surface area contributed by atoms with Crippen molar-refractivity contribution in [3.05, 3.63) is 11.5 Å². The van der Waals surface area contributed by atoms with Crippen molar-refractivity contribution in [3.63, 3.8) is 0 Å². The Labute approximate surface area is 116 Å². The van der Waals surface area contributed by atoms with E-state index >= 15 is 0 Å². The second-order valence-corrected chi connectivity index (χ2v) is 5.48. The third-order valence-corrected chi connectivity index (χ3v) is 4.19. The fourth-order valence-corrected chi connectivity index (χ4v) is 3.06. The lowest BCUT2D eigenvalue weighted by atomic mass is 10.2. The Bertz CT molecular complexity index is 357. The minimum absolute atomic E-state index is 0.562. The molecule has 3 N–H and O–H groups in total. The van der Waals surface area contributed by atoms with Crippen molar-refractivity contribution in [3.8, 4) is 0 Å². The molecule has 0 bridgehead atoms. The van der Waals surface area contributed by atoms with E-state index in [-0.39, 0.29) is 0 Å². The molecule has 2 aliphatic rings. The Kier molecular flexibility index (Phi) is 4.23. The summed E-state index contributed by atoms with van der Waals surface area (Å²) in [5.41, 5.74) is 6.73. The van der Waals surface area contributed by atoms with Crippen LogP contribution in [-0.2, 0) is 0 Å². The van der Waals surface area contributed by atoms with E-state index in [4.69, 9.17) is 5.73 Å². The van der Waals surface area contributed by atoms with E-state index in [0.29, 0.717) is 11.7 Å². The fourth-order valence-electron chi connectivity index (χ4n) is 3.06. The van der Waals surface area contributed by atoms with Gasteiger partial charge in [-0.25, -0.2) is 0 Å². The van der Waals surface area contributed by atoms with Gasteiger partial charge in [-0.05, 0) is 27.4 Å². The molecule has 110 valence electrons. The minimum atomic E-state index is -0.682. The minimum Gasteiger partial charge on any atom is -0.396 e. The van der Waals surface area contributed by atoms with Crippen LogP contribution in [0, 0.1) is 0 Å². The largest absolute Gasteiger partial charge is 0.396 e. The van der Waals surface area contributed by atoms with Gasteiger partial charge in [0.25, 0.3) is 0 Å². The molecule has 1 saturated heterocycles. The number of hydrazine groups is 1. The van der Waals surface area contributed by atoms with Crippen molar-refractivity contribution in [1.82, 2.24) is 19.8 Å². The van der Waals surface area contributed by atoms with Crippen LogP contribution >= 0.6 is 0 Å². The van der Waals surface area contributed by atoms with E-state index in [1.807, 2.05) is 11.9 Å². The smallest absolute Gasteiger partial charge is 0.168 e. The topological polar surface area (TPSA) is 59.2 Å². The number of nitrogens with two attached hydrogens (primary N) is 1. The highest BCUT2D eigenvalue weighted by Crippen LogP contribution is 2.30. The predicted molar refractivity (Wildman–Crippen MR) is 75.6 cm³/mol. The van der Waals surface area contributed by atoms with Gasteiger partial charge in [0.2, 0.25) is 0 Å². The van der Waals surface area contributed by atoms with Crippen molar-refractivity contribution in [2.75, 3.05) is 40.3 Å². The summed E-state index contributed by atoms with van der Waals surface area (Å²) in [6, 6.07) is 0.562. The molecule has 2 heterocycles. The predicted octanol–water partition coefficient (Wildman–Crippen LogP) is -0.359. The molecule has 2 aliphatic heterocycles. The molecule has 6 heteroatoms. The van der Waals surface area contributed by atoms with E-state index < -0.39 is 6.23 Å². The monoisotopic (exact) mass is 269 g/mol. The number of hydrogen-bond donors (Lipinski definition) is 2. The van der Waals surface area contributed by atoms with Crippen LogP contribution in [0.1, 0.15) is 20.3 Å². The third-order valence-electron chi connectivity index (χ3n) is 4.19. The standard InChI is InChI=1S/C13H27N5O/c1-5-17-12(11(14)13(19)18(17)6-2)16-8-7-10(9-16)15(3)4/h10,13,19H,5-9,14H2,1-4H3. The van der Waals surface area contributed by atoms with Gasteiger partial charge < -0.3 is 20.6 Å². The molecule has 19 heavy (non-hydrogen) atoms. The lowest BCUT2D eigenvalue weighted by Crippen LogP contribution is -2.45. The first-order valence-corrected chi connectivity index (χ1v) is 7.14. The maximum absolute atomic E-state index is 10.2. The van der Waals surface area contributed by atoms with Gasteiger partial charge in [0.15, 0.2) is 6.23 Å². The summed E-state index contributed by atoms with van der Waals surface area (Å²) in [5, 5.41) is 14.3. The second-order valence-electron chi connectivity index (χ2n) is 5.48. The van der Waals surface area contributed by atoms with Crippen LogP contribution in [0.25, 0.3) is 0 Å². The Morgan fingerprint density at radius 1 is 1.32 bits per heavy atom. The highest BCUT2D eigenvalue weighted by molar-refractivity contribution is 5.19. The van der Waals surface area contributed by atoms with E-state index in [2.05, 4.69) is 35.8 Å². The van der Waals surface area contributed by atoms with Gasteiger partial charge in [0.1, 0.15) is 5.82 Å². The highest BCUT2D eigenvalue weighted by Gasteiger charge is 2.39. The van der Waals surface area contributed by atoms with Gasteiger partial charge in [-0.15, -0.1) is 0 Å². The van der Waals surface area contributed by atoms with Crippen molar-refractivity contribution >= 4 is 0 Å². The number of aliphatic hydroxyl groups is 1. The van der Waals surface area contributed by atoms with Gasteiger partial charge in [-0.2, -0.15) is 5.01 Å². The van der Waals surface area contributed by atoms with Gasteiger partial charge >= 0.3 is 0 Å². The Balaban J connectivity index is 2.18. The Hall–Kier alpha value is -0.980. The fraction of sp³-hybridized carbons (Fsp3) is 0.846. The maximum Gasteiger partial charge on any atom is 0.168 e. The second kappa shape index (κ2) is 5.56. The van der Waals surface area contributed by atoms with Crippen molar-refractivity contribution in [1.29, 1.82) is 0 Å². The summed E-state index contributed by atoms with van der Waals surface area (Å²) in [5.74, 6) is 1.00. The molecule has 0 aromatic rings. The van der Waals surface area contributed by atoms with E-state index in [1.165, 1.54) is 0 Å². The van der Waals surface area contributed by atoms with Crippen LogP contribution in [0.3, 0.4) is 0 Å². The molecular formula is C13H27N5O. The molecular weight excluding hydrogens is 242 g/mol. The molecule has 0 spiro atoms. The number of rotatable bonds is 4. The lowest BCUT2D eigenvalue weighted by Gasteiger charge is -2.35. The zero-order chi connectivity index (χ0) is 14.2. The van der Waals surface area contributed by atoms with E-state index in [9.17, 15) is 5.11 Å². The van der Waals surface area contributed by atoms with Crippen LogP contribution in [-0.4, -0.2) is 77.5 Å². The molecule has 2 atom stereocenters. The van der Waals surface area contributed by atoms with Crippen LogP contribution in [0.5, 0.6) is 0 Å². The molecule has 6 nitrogen and oxygen atoms in total. The van der Waals surface area contributed by atoms with Gasteiger partial charge in [0, 0.05) is 32.2 Å². The normalized spacial score (nSPS) is 29.2.